The number of hydrogen-bond donors (Lipinski definition) is 1. The van der Waals surface area contributed by atoms with Crippen molar-refractivity contribution in [1.82, 2.24) is 10.2 Å². The van der Waals surface area contributed by atoms with Gasteiger partial charge in [-0.2, -0.15) is 0 Å². The van der Waals surface area contributed by atoms with E-state index in [1.807, 2.05) is 6.07 Å². The second kappa shape index (κ2) is 4.79. The van der Waals surface area contributed by atoms with E-state index >= 15 is 0 Å². The first-order valence-corrected chi connectivity index (χ1v) is 5.38. The van der Waals surface area contributed by atoms with Crippen LogP contribution in [-0.4, -0.2) is 36.3 Å². The summed E-state index contributed by atoms with van der Waals surface area (Å²) in [4.78, 5) is 24.8. The molecule has 0 aliphatic carbocycles. The summed E-state index contributed by atoms with van der Waals surface area (Å²) >= 11 is 0. The number of nitrogens with zero attached hydrogens (tertiary/aromatic N) is 1. The van der Waals surface area contributed by atoms with Crippen molar-refractivity contribution in [2.24, 2.45) is 0 Å². The lowest BCUT2D eigenvalue weighted by atomic mass is 10.2. The van der Waals surface area contributed by atoms with Crippen LogP contribution >= 0.6 is 0 Å². The standard InChI is InChI=1S/C12H14N2O2/c15-11(14-7-4-8-14)9-13-12(16)10-5-2-1-3-6-10/h1-3,5-6H,4,7-9H2,(H,13,16). The maximum absolute atomic E-state index is 11.6. The van der Waals surface area contributed by atoms with Gasteiger partial charge >= 0.3 is 0 Å². The molecule has 16 heavy (non-hydrogen) atoms. The quantitative estimate of drug-likeness (QED) is 0.809. The molecule has 1 aliphatic heterocycles. The van der Waals surface area contributed by atoms with Gasteiger partial charge in [-0.15, -0.1) is 0 Å². The molecule has 0 saturated carbocycles. The molecule has 0 radical (unpaired) electrons. The van der Waals surface area contributed by atoms with E-state index in [1.54, 1.807) is 29.2 Å². The highest BCUT2D eigenvalue weighted by atomic mass is 16.2. The third kappa shape index (κ3) is 2.39. The number of carbonyl (C=O) groups excluding carboxylic acids is 2. The molecule has 1 aromatic rings. The zero-order valence-corrected chi connectivity index (χ0v) is 8.98. The predicted octanol–water partition coefficient (Wildman–Crippen LogP) is 0.649. The molecule has 4 nitrogen and oxygen atoms in total. The second-order valence-corrected chi connectivity index (χ2v) is 3.78. The van der Waals surface area contributed by atoms with E-state index in [9.17, 15) is 9.59 Å². The molecular weight excluding hydrogens is 204 g/mol. The molecule has 1 fully saturated rings. The first-order valence-electron chi connectivity index (χ1n) is 5.38. The summed E-state index contributed by atoms with van der Waals surface area (Å²) in [6.07, 6.45) is 1.07. The first kappa shape index (κ1) is 10.7. The Hall–Kier alpha value is -1.84. The number of benzene rings is 1. The van der Waals surface area contributed by atoms with Crippen molar-refractivity contribution in [1.29, 1.82) is 0 Å². The average molecular weight is 218 g/mol. The fourth-order valence-electron chi connectivity index (χ4n) is 1.52. The summed E-state index contributed by atoms with van der Waals surface area (Å²) in [6, 6.07) is 8.90. The van der Waals surface area contributed by atoms with Crippen LogP contribution in [0.5, 0.6) is 0 Å². The van der Waals surface area contributed by atoms with E-state index in [4.69, 9.17) is 0 Å². The number of hydrogen-bond acceptors (Lipinski definition) is 2. The van der Waals surface area contributed by atoms with Crippen LogP contribution in [0.1, 0.15) is 16.8 Å². The molecule has 4 heteroatoms. The third-order valence-electron chi connectivity index (χ3n) is 2.64. The van der Waals surface area contributed by atoms with Crippen LogP contribution in [0.3, 0.4) is 0 Å². The topological polar surface area (TPSA) is 49.4 Å². The molecule has 1 aromatic carbocycles. The lowest BCUT2D eigenvalue weighted by molar-refractivity contribution is -0.133. The molecule has 1 N–H and O–H groups in total. The van der Waals surface area contributed by atoms with E-state index in [1.165, 1.54) is 0 Å². The predicted molar refractivity (Wildman–Crippen MR) is 60.0 cm³/mol. The van der Waals surface area contributed by atoms with Crippen molar-refractivity contribution in [3.63, 3.8) is 0 Å². The number of likely N-dealkylation sites (tertiary alicyclic amines) is 1. The Balaban J connectivity index is 1.81. The second-order valence-electron chi connectivity index (χ2n) is 3.78. The molecule has 0 aromatic heterocycles. The minimum atomic E-state index is -0.200. The average Bonchev–Trinajstić information content (AvgIpc) is 2.25. The van der Waals surface area contributed by atoms with Gasteiger partial charge in [0.05, 0.1) is 6.54 Å². The number of rotatable bonds is 3. The fraction of sp³-hybridized carbons (Fsp3) is 0.333. The summed E-state index contributed by atoms with van der Waals surface area (Å²) in [6.45, 7) is 1.73. The van der Waals surface area contributed by atoms with E-state index < -0.39 is 0 Å². The van der Waals surface area contributed by atoms with Crippen molar-refractivity contribution in [3.8, 4) is 0 Å². The summed E-state index contributed by atoms with van der Waals surface area (Å²) < 4.78 is 0. The Morgan fingerprint density at radius 2 is 1.88 bits per heavy atom. The zero-order chi connectivity index (χ0) is 11.4. The molecule has 2 rings (SSSR count). The molecule has 0 bridgehead atoms. The Bertz CT molecular complexity index is 385. The maximum Gasteiger partial charge on any atom is 0.251 e. The van der Waals surface area contributed by atoms with Crippen LogP contribution < -0.4 is 5.32 Å². The molecule has 1 heterocycles. The number of carbonyl (C=O) groups is 2. The summed E-state index contributed by atoms with van der Waals surface area (Å²) in [5.41, 5.74) is 0.582. The van der Waals surface area contributed by atoms with Gasteiger partial charge in [-0.3, -0.25) is 9.59 Å². The van der Waals surface area contributed by atoms with Gasteiger partial charge in [-0.25, -0.2) is 0 Å². The molecular formula is C12H14N2O2. The smallest absolute Gasteiger partial charge is 0.251 e. The van der Waals surface area contributed by atoms with Gasteiger partial charge in [-0.05, 0) is 18.6 Å². The Morgan fingerprint density at radius 3 is 2.44 bits per heavy atom. The fourth-order valence-corrected chi connectivity index (χ4v) is 1.52. The lowest BCUT2D eigenvalue weighted by Crippen LogP contribution is -2.47. The van der Waals surface area contributed by atoms with Gasteiger partial charge in [0, 0.05) is 18.7 Å². The van der Waals surface area contributed by atoms with Gasteiger partial charge in [0.2, 0.25) is 5.91 Å². The third-order valence-corrected chi connectivity index (χ3v) is 2.64. The summed E-state index contributed by atoms with van der Waals surface area (Å²) in [5, 5.41) is 2.62. The van der Waals surface area contributed by atoms with Crippen molar-refractivity contribution in [2.75, 3.05) is 19.6 Å². The van der Waals surface area contributed by atoms with Crippen molar-refractivity contribution in [3.05, 3.63) is 35.9 Å². The zero-order valence-electron chi connectivity index (χ0n) is 8.98. The number of amides is 2. The monoisotopic (exact) mass is 218 g/mol. The lowest BCUT2D eigenvalue weighted by Gasteiger charge is -2.30. The van der Waals surface area contributed by atoms with E-state index in [2.05, 4.69) is 5.32 Å². The minimum Gasteiger partial charge on any atom is -0.343 e. The van der Waals surface area contributed by atoms with Crippen LogP contribution in [0.4, 0.5) is 0 Å². The van der Waals surface area contributed by atoms with Crippen LogP contribution in [0.15, 0.2) is 30.3 Å². The molecule has 0 atom stereocenters. The Kier molecular flexibility index (Phi) is 3.19. The highest BCUT2D eigenvalue weighted by Gasteiger charge is 2.20. The largest absolute Gasteiger partial charge is 0.343 e. The minimum absolute atomic E-state index is 0.00414. The van der Waals surface area contributed by atoms with Gasteiger partial charge in [-0.1, -0.05) is 18.2 Å². The van der Waals surface area contributed by atoms with Crippen LogP contribution in [0.2, 0.25) is 0 Å². The molecule has 1 aliphatic rings. The van der Waals surface area contributed by atoms with Crippen LogP contribution in [-0.2, 0) is 4.79 Å². The molecule has 1 saturated heterocycles. The molecule has 0 unspecified atom stereocenters. The Morgan fingerprint density at radius 1 is 1.19 bits per heavy atom. The highest BCUT2D eigenvalue weighted by molar-refractivity contribution is 5.96. The Labute approximate surface area is 94.2 Å². The van der Waals surface area contributed by atoms with Gasteiger partial charge in [0.1, 0.15) is 0 Å². The van der Waals surface area contributed by atoms with Gasteiger partial charge in [0.25, 0.3) is 5.91 Å². The van der Waals surface area contributed by atoms with E-state index in [-0.39, 0.29) is 18.4 Å². The van der Waals surface area contributed by atoms with Crippen molar-refractivity contribution < 1.29 is 9.59 Å². The summed E-state index contributed by atoms with van der Waals surface area (Å²) in [7, 11) is 0. The van der Waals surface area contributed by atoms with Gasteiger partial charge < -0.3 is 10.2 Å². The SMILES string of the molecule is O=C(NCC(=O)N1CCC1)c1ccccc1. The molecule has 84 valence electrons. The molecule has 2 amide bonds. The highest BCUT2D eigenvalue weighted by Crippen LogP contribution is 2.05. The van der Waals surface area contributed by atoms with E-state index in [0.29, 0.717) is 5.56 Å². The van der Waals surface area contributed by atoms with Gasteiger partial charge in [0.15, 0.2) is 0 Å². The number of nitrogens with one attached hydrogen (secondary N) is 1. The summed E-state index contributed by atoms with van der Waals surface area (Å²) in [5.74, 6) is -0.204. The van der Waals surface area contributed by atoms with E-state index in [0.717, 1.165) is 19.5 Å². The normalized spacial score (nSPS) is 14.1. The van der Waals surface area contributed by atoms with Crippen molar-refractivity contribution >= 4 is 11.8 Å². The van der Waals surface area contributed by atoms with Crippen molar-refractivity contribution in [2.45, 2.75) is 6.42 Å². The van der Waals surface area contributed by atoms with Crippen LogP contribution in [0.25, 0.3) is 0 Å². The molecule has 0 spiro atoms. The van der Waals surface area contributed by atoms with Crippen LogP contribution in [0, 0.1) is 0 Å². The first-order chi connectivity index (χ1) is 7.77. The maximum atomic E-state index is 11.6.